The number of esters is 1. The molecule has 6 heteroatoms. The summed E-state index contributed by atoms with van der Waals surface area (Å²) >= 11 is 0. The SMILES string of the molecule is [2H]C([2H])([2H])Oc1cc2c(cc1OC)C1CC(OC(=O)C([2H])(N)C([2H])(C)C)C(CC(C)C)CN1CC2. The molecule has 0 spiro atoms. The molecular weight excluding hydrogens is 380 g/mol. The molecule has 0 aromatic heterocycles. The van der Waals surface area contributed by atoms with Crippen molar-refractivity contribution in [2.75, 3.05) is 27.2 Å². The summed E-state index contributed by atoms with van der Waals surface area (Å²) in [4.78, 5) is 15.3. The molecule has 2 N–H and O–H groups in total. The zero-order chi connectivity index (χ0) is 26.3. The summed E-state index contributed by atoms with van der Waals surface area (Å²) in [6.07, 6.45) is 1.63. The van der Waals surface area contributed by atoms with Gasteiger partial charge in [-0.15, -0.1) is 0 Å². The van der Waals surface area contributed by atoms with E-state index in [0.29, 0.717) is 18.1 Å². The van der Waals surface area contributed by atoms with E-state index >= 15 is 0 Å². The lowest BCUT2D eigenvalue weighted by molar-refractivity contribution is -0.160. The van der Waals surface area contributed by atoms with Crippen LogP contribution >= 0.6 is 0 Å². The van der Waals surface area contributed by atoms with Crippen molar-refractivity contribution < 1.29 is 25.9 Å². The molecule has 1 saturated heterocycles. The summed E-state index contributed by atoms with van der Waals surface area (Å²) in [5.41, 5.74) is 7.89. The second kappa shape index (κ2) is 9.56. The van der Waals surface area contributed by atoms with Gasteiger partial charge in [-0.1, -0.05) is 27.7 Å². The second-order valence-corrected chi connectivity index (χ2v) is 9.05. The number of ether oxygens (including phenoxy) is 3. The highest BCUT2D eigenvalue weighted by molar-refractivity contribution is 5.76. The number of carbonyl (C=O) groups is 1. The Labute approximate surface area is 188 Å². The van der Waals surface area contributed by atoms with Gasteiger partial charge in [0.15, 0.2) is 11.5 Å². The van der Waals surface area contributed by atoms with Gasteiger partial charge in [0.05, 0.1) is 19.6 Å². The fraction of sp³-hybridized carbons (Fsp3) is 0.708. The third-order valence-electron chi connectivity index (χ3n) is 6.25. The molecule has 0 radical (unpaired) electrons. The highest BCUT2D eigenvalue weighted by atomic mass is 16.5. The molecule has 1 fully saturated rings. The fourth-order valence-electron chi connectivity index (χ4n) is 4.71. The van der Waals surface area contributed by atoms with E-state index in [1.165, 1.54) is 21.0 Å². The van der Waals surface area contributed by atoms with Gasteiger partial charge in [-0.05, 0) is 47.9 Å². The quantitative estimate of drug-likeness (QED) is 0.676. The molecule has 2 heterocycles. The maximum atomic E-state index is 12.9. The monoisotopic (exact) mass is 423 g/mol. The Kier molecular flexibility index (Phi) is 5.37. The van der Waals surface area contributed by atoms with Gasteiger partial charge in [0.25, 0.3) is 0 Å². The first-order valence-corrected chi connectivity index (χ1v) is 10.7. The van der Waals surface area contributed by atoms with E-state index in [0.717, 1.165) is 37.1 Å². The molecule has 2 aliphatic heterocycles. The Morgan fingerprint density at radius 3 is 2.67 bits per heavy atom. The standard InChI is InChI=1S/C24H38N2O4/c1-14(2)9-17-13-26-8-7-16-10-21(28-5)22(29-6)11-18(16)19(26)12-20(17)30-24(27)23(25)15(3)4/h10-11,14-15,17,19-20,23H,7-9,12-13,25H2,1-6H3/i5D3,15D,23D. The second-order valence-electron chi connectivity index (χ2n) is 9.05. The van der Waals surface area contributed by atoms with E-state index < -0.39 is 31.0 Å². The van der Waals surface area contributed by atoms with Crippen LogP contribution < -0.4 is 15.2 Å². The van der Waals surface area contributed by atoms with Gasteiger partial charge in [0.1, 0.15) is 12.1 Å². The number of fused-ring (bicyclic) bond motifs is 3. The largest absolute Gasteiger partial charge is 0.493 e. The lowest BCUT2D eigenvalue weighted by Gasteiger charge is -2.47. The Hall–Kier alpha value is -1.79. The summed E-state index contributed by atoms with van der Waals surface area (Å²) in [5.74, 6) is -1.44. The predicted molar refractivity (Wildman–Crippen MR) is 118 cm³/mol. The number of piperidine rings is 1. The van der Waals surface area contributed by atoms with Crippen molar-refractivity contribution in [3.8, 4) is 11.5 Å². The van der Waals surface area contributed by atoms with Gasteiger partial charge < -0.3 is 19.9 Å². The molecule has 4 atom stereocenters. The summed E-state index contributed by atoms with van der Waals surface area (Å²) in [5, 5.41) is 0. The molecule has 1 aromatic carbocycles. The Morgan fingerprint density at radius 2 is 2.03 bits per heavy atom. The van der Waals surface area contributed by atoms with Gasteiger partial charge in [-0.3, -0.25) is 9.69 Å². The maximum Gasteiger partial charge on any atom is 0.323 e. The molecule has 6 nitrogen and oxygen atoms in total. The van der Waals surface area contributed by atoms with Crippen molar-refractivity contribution in [3.05, 3.63) is 23.3 Å². The van der Waals surface area contributed by atoms with Crippen LogP contribution in [0.25, 0.3) is 0 Å². The number of methoxy groups -OCH3 is 2. The third-order valence-corrected chi connectivity index (χ3v) is 6.25. The normalized spacial score (nSPS) is 29.2. The van der Waals surface area contributed by atoms with E-state index in [2.05, 4.69) is 18.7 Å². The van der Waals surface area contributed by atoms with Crippen molar-refractivity contribution in [2.24, 2.45) is 23.5 Å². The molecule has 4 unspecified atom stereocenters. The van der Waals surface area contributed by atoms with Crippen LogP contribution in [0, 0.1) is 17.7 Å². The zero-order valence-corrected chi connectivity index (χ0v) is 18.7. The van der Waals surface area contributed by atoms with Crippen molar-refractivity contribution in [2.45, 2.75) is 65.1 Å². The van der Waals surface area contributed by atoms with Gasteiger partial charge in [-0.2, -0.15) is 0 Å². The van der Waals surface area contributed by atoms with Gasteiger partial charge in [0.2, 0.25) is 0 Å². The van der Waals surface area contributed by atoms with Crippen molar-refractivity contribution in [1.82, 2.24) is 4.90 Å². The first kappa shape index (κ1) is 16.8. The van der Waals surface area contributed by atoms with Crippen LogP contribution in [0.3, 0.4) is 0 Å². The average molecular weight is 424 g/mol. The van der Waals surface area contributed by atoms with Crippen LogP contribution in [0.4, 0.5) is 0 Å². The van der Waals surface area contributed by atoms with Gasteiger partial charge in [-0.25, -0.2) is 0 Å². The van der Waals surface area contributed by atoms with E-state index in [9.17, 15) is 4.79 Å². The number of hydrogen-bond acceptors (Lipinski definition) is 6. The number of carbonyl (C=O) groups excluding carboxylic acids is 1. The van der Waals surface area contributed by atoms with Crippen molar-refractivity contribution >= 4 is 5.97 Å². The molecule has 2 aliphatic rings. The summed E-state index contributed by atoms with van der Waals surface area (Å²) < 4.78 is 55.3. The number of nitrogens with zero attached hydrogens (tertiary/aromatic N) is 1. The van der Waals surface area contributed by atoms with E-state index in [4.69, 9.17) is 26.8 Å². The minimum absolute atomic E-state index is 0.0708. The minimum Gasteiger partial charge on any atom is -0.493 e. The number of benzene rings is 1. The van der Waals surface area contributed by atoms with E-state index in [-0.39, 0.29) is 17.7 Å². The van der Waals surface area contributed by atoms with E-state index in [1.54, 1.807) is 6.07 Å². The molecule has 0 aliphatic carbocycles. The van der Waals surface area contributed by atoms with Crippen molar-refractivity contribution in [1.29, 1.82) is 0 Å². The van der Waals surface area contributed by atoms with Crippen LogP contribution in [-0.4, -0.2) is 50.2 Å². The lowest BCUT2D eigenvalue weighted by Crippen LogP contribution is -2.51. The number of nitrogens with two attached hydrogens (primary N) is 1. The van der Waals surface area contributed by atoms with Gasteiger partial charge >= 0.3 is 5.97 Å². The molecule has 3 rings (SSSR count). The average Bonchev–Trinajstić information content (AvgIpc) is 2.71. The van der Waals surface area contributed by atoms with Crippen LogP contribution in [-0.2, 0) is 16.0 Å². The zero-order valence-electron chi connectivity index (χ0n) is 23.7. The molecule has 0 saturated carbocycles. The van der Waals surface area contributed by atoms with Crippen molar-refractivity contribution in [3.63, 3.8) is 0 Å². The summed E-state index contributed by atoms with van der Waals surface area (Å²) in [7, 11) is -1.12. The summed E-state index contributed by atoms with van der Waals surface area (Å²) in [6.45, 7) is 8.61. The molecule has 0 bridgehead atoms. The lowest BCUT2D eigenvalue weighted by atomic mass is 9.79. The smallest absolute Gasteiger partial charge is 0.323 e. The fourth-order valence-corrected chi connectivity index (χ4v) is 4.71. The third kappa shape index (κ3) is 4.75. The predicted octanol–water partition coefficient (Wildman–Crippen LogP) is 3.56. The van der Waals surface area contributed by atoms with Crippen LogP contribution in [0.15, 0.2) is 12.1 Å². The molecule has 30 heavy (non-hydrogen) atoms. The van der Waals surface area contributed by atoms with Crippen LogP contribution in [0.2, 0.25) is 0 Å². The topological polar surface area (TPSA) is 74.0 Å². The Bertz CT molecular complexity index is 930. The first-order chi connectivity index (χ1) is 16.0. The first-order valence-electron chi connectivity index (χ1n) is 13.2. The van der Waals surface area contributed by atoms with Crippen LogP contribution in [0.1, 0.15) is 64.6 Å². The number of hydrogen-bond donors (Lipinski definition) is 1. The summed E-state index contributed by atoms with van der Waals surface area (Å²) in [6, 6.07) is 1.29. The molecular formula is C24H38N2O4. The molecule has 0 amide bonds. The number of rotatable bonds is 7. The van der Waals surface area contributed by atoms with E-state index in [1.807, 2.05) is 6.07 Å². The molecule has 168 valence electrons. The maximum absolute atomic E-state index is 12.9. The van der Waals surface area contributed by atoms with Gasteiger partial charge in [0, 0.05) is 32.8 Å². The Morgan fingerprint density at radius 1 is 1.30 bits per heavy atom. The highest BCUT2D eigenvalue weighted by Crippen LogP contribution is 2.44. The molecule has 1 aromatic rings. The highest BCUT2D eigenvalue weighted by Gasteiger charge is 2.41. The Balaban J connectivity index is 1.93. The minimum atomic E-state index is -2.59. The van der Waals surface area contributed by atoms with Crippen LogP contribution in [0.5, 0.6) is 11.5 Å².